The summed E-state index contributed by atoms with van der Waals surface area (Å²) < 4.78 is 5.73. The standard InChI is InChI=1S/C18H17N3O3/c22-17-16-15(10-11-19-16)20-18(23)21(17)12-6-8-14(9-7-12)24-13-4-2-1-3-5-13/h1-9,15-16,19H,10-11H2,(H,20,23)/t15-,16+/m1/s1. The van der Waals surface area contributed by atoms with Crippen LogP contribution in [0.1, 0.15) is 6.42 Å². The molecule has 6 heteroatoms. The molecule has 24 heavy (non-hydrogen) atoms. The van der Waals surface area contributed by atoms with Gasteiger partial charge in [-0.25, -0.2) is 9.69 Å². The summed E-state index contributed by atoms with van der Waals surface area (Å²) in [5.41, 5.74) is 0.532. The minimum absolute atomic E-state index is 0.109. The Bertz CT molecular complexity index is 761. The fourth-order valence-corrected chi connectivity index (χ4v) is 3.11. The topological polar surface area (TPSA) is 70.7 Å². The van der Waals surface area contributed by atoms with Crippen molar-refractivity contribution in [1.29, 1.82) is 0 Å². The smallest absolute Gasteiger partial charge is 0.329 e. The maximum atomic E-state index is 12.6. The van der Waals surface area contributed by atoms with Crippen LogP contribution in [-0.4, -0.2) is 30.6 Å². The van der Waals surface area contributed by atoms with Gasteiger partial charge in [0, 0.05) is 0 Å². The first-order valence-electron chi connectivity index (χ1n) is 7.93. The summed E-state index contributed by atoms with van der Waals surface area (Å²) in [7, 11) is 0. The Morgan fingerprint density at radius 3 is 2.42 bits per heavy atom. The van der Waals surface area contributed by atoms with E-state index in [-0.39, 0.29) is 24.0 Å². The van der Waals surface area contributed by atoms with E-state index in [2.05, 4.69) is 10.6 Å². The number of para-hydroxylation sites is 1. The van der Waals surface area contributed by atoms with Gasteiger partial charge in [-0.2, -0.15) is 0 Å². The molecule has 0 aromatic heterocycles. The number of nitrogens with one attached hydrogen (secondary N) is 2. The molecule has 0 spiro atoms. The number of ether oxygens (including phenoxy) is 1. The van der Waals surface area contributed by atoms with E-state index in [1.165, 1.54) is 4.90 Å². The van der Waals surface area contributed by atoms with Crippen molar-refractivity contribution in [1.82, 2.24) is 10.6 Å². The number of rotatable bonds is 3. The van der Waals surface area contributed by atoms with Crippen LogP contribution in [0, 0.1) is 0 Å². The Morgan fingerprint density at radius 1 is 0.958 bits per heavy atom. The molecule has 2 aliphatic heterocycles. The van der Waals surface area contributed by atoms with Crippen molar-refractivity contribution in [3.8, 4) is 11.5 Å². The van der Waals surface area contributed by atoms with Crippen LogP contribution < -0.4 is 20.3 Å². The van der Waals surface area contributed by atoms with Crippen LogP contribution in [0.25, 0.3) is 0 Å². The summed E-state index contributed by atoms with van der Waals surface area (Å²) >= 11 is 0. The number of nitrogens with zero attached hydrogens (tertiary/aromatic N) is 1. The molecule has 122 valence electrons. The summed E-state index contributed by atoms with van der Waals surface area (Å²) in [5, 5.41) is 6.03. The normalized spacial score (nSPS) is 22.9. The Morgan fingerprint density at radius 2 is 1.67 bits per heavy atom. The van der Waals surface area contributed by atoms with E-state index < -0.39 is 0 Å². The lowest BCUT2D eigenvalue weighted by atomic mass is 10.1. The van der Waals surface area contributed by atoms with E-state index in [1.54, 1.807) is 24.3 Å². The van der Waals surface area contributed by atoms with E-state index in [4.69, 9.17) is 4.74 Å². The summed E-state index contributed by atoms with van der Waals surface area (Å²) in [5.74, 6) is 1.17. The molecule has 0 aliphatic carbocycles. The number of benzene rings is 2. The third-order valence-electron chi connectivity index (χ3n) is 4.29. The van der Waals surface area contributed by atoms with Crippen LogP contribution in [0.2, 0.25) is 0 Å². The second-order valence-corrected chi connectivity index (χ2v) is 5.86. The number of amides is 3. The number of carbonyl (C=O) groups is 2. The molecule has 2 fully saturated rings. The van der Waals surface area contributed by atoms with E-state index >= 15 is 0 Å². The second kappa shape index (κ2) is 5.98. The van der Waals surface area contributed by atoms with Gasteiger partial charge in [0.05, 0.1) is 11.7 Å². The number of imide groups is 1. The molecule has 2 saturated heterocycles. The summed E-state index contributed by atoms with van der Waals surface area (Å²) in [6.45, 7) is 0.735. The predicted octanol–water partition coefficient (Wildman–Crippen LogP) is 2.27. The molecule has 0 saturated carbocycles. The van der Waals surface area contributed by atoms with Gasteiger partial charge in [-0.1, -0.05) is 18.2 Å². The Balaban J connectivity index is 1.54. The van der Waals surface area contributed by atoms with Crippen molar-refractivity contribution in [2.24, 2.45) is 0 Å². The Labute approximate surface area is 139 Å². The zero-order valence-electron chi connectivity index (χ0n) is 12.9. The Hall–Kier alpha value is -2.86. The molecule has 2 N–H and O–H groups in total. The number of hydrogen-bond donors (Lipinski definition) is 2. The van der Waals surface area contributed by atoms with E-state index in [1.807, 2.05) is 30.3 Å². The average molecular weight is 323 g/mol. The third kappa shape index (κ3) is 2.61. The maximum absolute atomic E-state index is 12.6. The molecule has 2 heterocycles. The quantitative estimate of drug-likeness (QED) is 0.909. The van der Waals surface area contributed by atoms with Gasteiger partial charge in [-0.3, -0.25) is 4.79 Å². The van der Waals surface area contributed by atoms with E-state index in [0.717, 1.165) is 18.7 Å². The van der Waals surface area contributed by atoms with Crippen molar-refractivity contribution >= 4 is 17.6 Å². The van der Waals surface area contributed by atoms with Gasteiger partial charge in [-0.15, -0.1) is 0 Å². The highest BCUT2D eigenvalue weighted by molar-refractivity contribution is 6.18. The fraction of sp³-hybridized carbons (Fsp3) is 0.222. The molecule has 2 aromatic carbocycles. The predicted molar refractivity (Wildman–Crippen MR) is 89.2 cm³/mol. The molecule has 2 aromatic rings. The zero-order chi connectivity index (χ0) is 16.5. The molecule has 4 rings (SSSR count). The highest BCUT2D eigenvalue weighted by Crippen LogP contribution is 2.27. The van der Waals surface area contributed by atoms with Gasteiger partial charge < -0.3 is 15.4 Å². The SMILES string of the molecule is O=C1N[C@@H]2CCN[C@@H]2C(=O)N1c1ccc(Oc2ccccc2)cc1. The first-order valence-corrected chi connectivity index (χ1v) is 7.93. The lowest BCUT2D eigenvalue weighted by Gasteiger charge is -2.33. The van der Waals surface area contributed by atoms with Crippen LogP contribution in [0.3, 0.4) is 0 Å². The zero-order valence-corrected chi connectivity index (χ0v) is 12.9. The fourth-order valence-electron chi connectivity index (χ4n) is 3.11. The third-order valence-corrected chi connectivity index (χ3v) is 4.29. The van der Waals surface area contributed by atoms with Crippen molar-refractivity contribution in [2.75, 3.05) is 11.4 Å². The van der Waals surface area contributed by atoms with Crippen molar-refractivity contribution in [2.45, 2.75) is 18.5 Å². The molecule has 0 radical (unpaired) electrons. The molecule has 0 unspecified atom stereocenters. The molecule has 0 bridgehead atoms. The maximum Gasteiger partial charge on any atom is 0.329 e. The van der Waals surface area contributed by atoms with Crippen LogP contribution in [-0.2, 0) is 4.79 Å². The minimum atomic E-state index is -0.373. The molecular weight excluding hydrogens is 306 g/mol. The lowest BCUT2D eigenvalue weighted by molar-refractivity contribution is -0.120. The van der Waals surface area contributed by atoms with Crippen molar-refractivity contribution in [3.63, 3.8) is 0 Å². The summed E-state index contributed by atoms with van der Waals surface area (Å²) in [4.78, 5) is 26.0. The van der Waals surface area contributed by atoms with E-state index in [9.17, 15) is 9.59 Å². The number of anilines is 1. The molecule has 3 amide bonds. The number of fused-ring (bicyclic) bond motifs is 1. The van der Waals surface area contributed by atoms with Gasteiger partial charge in [0.2, 0.25) is 0 Å². The largest absolute Gasteiger partial charge is 0.457 e. The second-order valence-electron chi connectivity index (χ2n) is 5.86. The van der Waals surface area contributed by atoms with Crippen molar-refractivity contribution < 1.29 is 14.3 Å². The molecule has 6 nitrogen and oxygen atoms in total. The lowest BCUT2D eigenvalue weighted by Crippen LogP contribution is -2.63. The average Bonchev–Trinajstić information content (AvgIpc) is 3.06. The summed E-state index contributed by atoms with van der Waals surface area (Å²) in [6.07, 6.45) is 0.778. The number of carbonyl (C=O) groups excluding carboxylic acids is 2. The van der Waals surface area contributed by atoms with Crippen LogP contribution in [0.5, 0.6) is 11.5 Å². The van der Waals surface area contributed by atoms with E-state index in [0.29, 0.717) is 11.4 Å². The number of urea groups is 1. The first-order chi connectivity index (χ1) is 11.7. The van der Waals surface area contributed by atoms with Crippen molar-refractivity contribution in [3.05, 3.63) is 54.6 Å². The highest BCUT2D eigenvalue weighted by atomic mass is 16.5. The molecule has 2 aliphatic rings. The number of hydrogen-bond acceptors (Lipinski definition) is 4. The Kier molecular flexibility index (Phi) is 3.66. The van der Waals surface area contributed by atoms with Gasteiger partial charge in [0.1, 0.15) is 17.5 Å². The van der Waals surface area contributed by atoms with Gasteiger partial charge in [0.15, 0.2) is 0 Å². The van der Waals surface area contributed by atoms with Crippen LogP contribution in [0.4, 0.5) is 10.5 Å². The van der Waals surface area contributed by atoms with Gasteiger partial charge in [0.25, 0.3) is 5.91 Å². The minimum Gasteiger partial charge on any atom is -0.457 e. The van der Waals surface area contributed by atoms with Gasteiger partial charge in [-0.05, 0) is 49.4 Å². The first kappa shape index (κ1) is 14.7. The monoisotopic (exact) mass is 323 g/mol. The molecule has 2 atom stereocenters. The van der Waals surface area contributed by atoms with Crippen LogP contribution in [0.15, 0.2) is 54.6 Å². The van der Waals surface area contributed by atoms with Gasteiger partial charge >= 0.3 is 6.03 Å². The van der Waals surface area contributed by atoms with Crippen LogP contribution >= 0.6 is 0 Å². The summed E-state index contributed by atoms with van der Waals surface area (Å²) in [6, 6.07) is 15.5. The molecular formula is C18H17N3O3. The highest BCUT2D eigenvalue weighted by Gasteiger charge is 2.44.